The van der Waals surface area contributed by atoms with E-state index in [0.717, 1.165) is 0 Å². The highest BCUT2D eigenvalue weighted by atomic mass is 19.1. The highest BCUT2D eigenvalue weighted by Crippen LogP contribution is 2.25. The molecule has 0 amide bonds. The van der Waals surface area contributed by atoms with Gasteiger partial charge in [-0.3, -0.25) is 9.20 Å². The minimum Gasteiger partial charge on any atom is -0.384 e. The monoisotopic (exact) mass is 401 g/mol. The number of ether oxygens (including phenoxy) is 2. The molecule has 3 aromatic heterocycles. The fraction of sp³-hybridized carbons (Fsp3) is 0.368. The zero-order chi connectivity index (χ0) is 20.5. The van der Waals surface area contributed by atoms with Gasteiger partial charge in [-0.2, -0.15) is 4.98 Å². The molecule has 0 aliphatic rings. The van der Waals surface area contributed by atoms with Crippen LogP contribution in [0.25, 0.3) is 28.1 Å². The number of methoxy groups -OCH3 is 2. The number of nitrogens with zero attached hydrogens (tertiary/aromatic N) is 5. The van der Waals surface area contributed by atoms with Crippen LogP contribution >= 0.6 is 0 Å². The number of aromatic nitrogens is 5. The summed E-state index contributed by atoms with van der Waals surface area (Å²) in [5, 5.41) is 3.98. The number of imidazole rings is 1. The summed E-state index contributed by atoms with van der Waals surface area (Å²) in [4.78, 5) is 22.0. The Bertz CT molecular complexity index is 1230. The van der Waals surface area contributed by atoms with Gasteiger partial charge in [-0.1, -0.05) is 18.1 Å². The lowest BCUT2D eigenvalue weighted by Crippen LogP contribution is -2.25. The average molecular weight is 401 g/mol. The van der Waals surface area contributed by atoms with Crippen LogP contribution in [0.4, 0.5) is 4.39 Å². The van der Waals surface area contributed by atoms with E-state index in [-0.39, 0.29) is 41.6 Å². The maximum absolute atomic E-state index is 14.6. The number of halogens is 1. The molecule has 0 N–H and O–H groups in total. The van der Waals surface area contributed by atoms with Crippen molar-refractivity contribution in [1.29, 1.82) is 0 Å². The fourth-order valence-corrected chi connectivity index (χ4v) is 3.34. The molecule has 1 atom stereocenters. The van der Waals surface area contributed by atoms with Crippen LogP contribution in [0.3, 0.4) is 0 Å². The summed E-state index contributed by atoms with van der Waals surface area (Å²) in [6, 6.07) is 4.63. The summed E-state index contributed by atoms with van der Waals surface area (Å²) in [6.45, 7) is 2.75. The van der Waals surface area contributed by atoms with E-state index in [0.29, 0.717) is 18.0 Å². The summed E-state index contributed by atoms with van der Waals surface area (Å²) in [5.74, 6) is -0.0300. The first-order chi connectivity index (χ1) is 14.1. The van der Waals surface area contributed by atoms with Gasteiger partial charge in [0, 0.05) is 20.8 Å². The summed E-state index contributed by atoms with van der Waals surface area (Å²) >= 11 is 0. The lowest BCUT2D eigenvalue weighted by Gasteiger charge is -2.12. The molecular weight excluding hydrogens is 381 g/mol. The Morgan fingerprint density at radius 2 is 2.07 bits per heavy atom. The molecule has 152 valence electrons. The first-order valence-electron chi connectivity index (χ1n) is 9.06. The molecule has 0 bridgehead atoms. The van der Waals surface area contributed by atoms with Crippen LogP contribution < -0.4 is 5.56 Å². The van der Waals surface area contributed by atoms with Crippen LogP contribution in [0, 0.1) is 5.82 Å². The fourth-order valence-electron chi connectivity index (χ4n) is 3.34. The lowest BCUT2D eigenvalue weighted by atomic mass is 10.2. The highest BCUT2D eigenvalue weighted by molar-refractivity contribution is 5.83. The average Bonchev–Trinajstić information content (AvgIpc) is 3.36. The lowest BCUT2D eigenvalue weighted by molar-refractivity contribution is 0.170. The number of benzene rings is 1. The quantitative estimate of drug-likeness (QED) is 0.468. The molecule has 0 aliphatic carbocycles. The molecule has 0 radical (unpaired) electrons. The van der Waals surface area contributed by atoms with Gasteiger partial charge in [0.1, 0.15) is 28.9 Å². The first kappa shape index (κ1) is 19.2. The molecule has 0 saturated heterocycles. The van der Waals surface area contributed by atoms with Gasteiger partial charge in [-0.25, -0.2) is 9.37 Å². The van der Waals surface area contributed by atoms with E-state index in [1.165, 1.54) is 24.1 Å². The van der Waals surface area contributed by atoms with E-state index in [4.69, 9.17) is 14.0 Å². The Hall–Kier alpha value is -3.11. The third-order valence-electron chi connectivity index (χ3n) is 4.72. The SMILES string of the molecule is COCCn1c(=O)c2c(-c3noc(C(C)COC)n3)ncn2c2cccc(F)c21. The van der Waals surface area contributed by atoms with Gasteiger partial charge >= 0.3 is 0 Å². The van der Waals surface area contributed by atoms with E-state index in [2.05, 4.69) is 15.1 Å². The molecule has 4 rings (SSSR count). The molecule has 29 heavy (non-hydrogen) atoms. The molecule has 1 unspecified atom stereocenters. The maximum atomic E-state index is 14.6. The Morgan fingerprint density at radius 3 is 2.83 bits per heavy atom. The van der Waals surface area contributed by atoms with E-state index < -0.39 is 11.4 Å². The van der Waals surface area contributed by atoms with Crippen molar-refractivity contribution in [2.45, 2.75) is 19.4 Å². The van der Waals surface area contributed by atoms with Crippen molar-refractivity contribution in [2.24, 2.45) is 0 Å². The summed E-state index contributed by atoms with van der Waals surface area (Å²) in [5.41, 5.74) is 0.792. The molecule has 0 aliphatic heterocycles. The minimum atomic E-state index is -0.497. The highest BCUT2D eigenvalue weighted by Gasteiger charge is 2.23. The number of para-hydroxylation sites is 1. The predicted octanol–water partition coefficient (Wildman–Crippen LogP) is 2.23. The molecule has 4 aromatic rings. The molecule has 1 aromatic carbocycles. The van der Waals surface area contributed by atoms with Crippen LogP contribution in [0.15, 0.2) is 33.8 Å². The zero-order valence-electron chi connectivity index (χ0n) is 16.3. The third kappa shape index (κ3) is 3.19. The van der Waals surface area contributed by atoms with Crippen molar-refractivity contribution in [1.82, 2.24) is 24.1 Å². The van der Waals surface area contributed by atoms with E-state index >= 15 is 0 Å². The maximum Gasteiger partial charge on any atom is 0.277 e. The summed E-state index contributed by atoms with van der Waals surface area (Å²) in [6.07, 6.45) is 1.46. The zero-order valence-corrected chi connectivity index (χ0v) is 16.3. The molecular formula is C19H20FN5O4. The molecule has 9 nitrogen and oxygen atoms in total. The Morgan fingerprint density at radius 1 is 1.24 bits per heavy atom. The molecule has 3 heterocycles. The van der Waals surface area contributed by atoms with Crippen LogP contribution in [0.2, 0.25) is 0 Å². The van der Waals surface area contributed by atoms with Crippen molar-refractivity contribution >= 4 is 16.6 Å². The first-order valence-corrected chi connectivity index (χ1v) is 9.06. The standard InChI is InChI=1S/C19H20FN5O4/c1-11(9-28-3)18-22-17(23-29-18)14-16-19(26)24(7-8-27-2)15-12(20)5-4-6-13(15)25(16)10-21-14/h4-6,10-11H,7-9H2,1-3H3. The van der Waals surface area contributed by atoms with Crippen molar-refractivity contribution < 1.29 is 18.4 Å². The van der Waals surface area contributed by atoms with E-state index in [1.54, 1.807) is 23.6 Å². The van der Waals surface area contributed by atoms with Crippen molar-refractivity contribution in [2.75, 3.05) is 27.4 Å². The molecule has 0 spiro atoms. The van der Waals surface area contributed by atoms with Gasteiger partial charge in [-0.05, 0) is 12.1 Å². The Labute approximate surface area is 164 Å². The van der Waals surface area contributed by atoms with E-state index in [1.807, 2.05) is 6.92 Å². The summed E-state index contributed by atoms with van der Waals surface area (Å²) in [7, 11) is 3.11. The molecule has 10 heteroatoms. The normalized spacial score (nSPS) is 12.8. The van der Waals surface area contributed by atoms with Crippen LogP contribution in [-0.2, 0) is 16.0 Å². The largest absolute Gasteiger partial charge is 0.384 e. The van der Waals surface area contributed by atoms with E-state index in [9.17, 15) is 9.18 Å². The van der Waals surface area contributed by atoms with Gasteiger partial charge in [0.2, 0.25) is 11.7 Å². The second-order valence-corrected chi connectivity index (χ2v) is 6.68. The summed E-state index contributed by atoms with van der Waals surface area (Å²) < 4.78 is 33.0. The number of fused-ring (bicyclic) bond motifs is 3. The van der Waals surface area contributed by atoms with Gasteiger partial charge in [0.05, 0.1) is 24.6 Å². The van der Waals surface area contributed by atoms with Crippen LogP contribution in [0.5, 0.6) is 0 Å². The number of hydrogen-bond acceptors (Lipinski definition) is 7. The number of hydrogen-bond donors (Lipinski definition) is 0. The van der Waals surface area contributed by atoms with Gasteiger partial charge in [0.25, 0.3) is 5.56 Å². The molecule has 0 fully saturated rings. The Balaban J connectivity index is 1.96. The smallest absolute Gasteiger partial charge is 0.277 e. The third-order valence-corrected chi connectivity index (χ3v) is 4.72. The van der Waals surface area contributed by atoms with Gasteiger partial charge in [-0.15, -0.1) is 0 Å². The van der Waals surface area contributed by atoms with Crippen molar-refractivity contribution in [3.05, 3.63) is 46.6 Å². The second kappa shape index (κ2) is 7.72. The van der Waals surface area contributed by atoms with Gasteiger partial charge in [0.15, 0.2) is 0 Å². The van der Waals surface area contributed by atoms with Gasteiger partial charge < -0.3 is 18.6 Å². The number of rotatable bonds is 7. The van der Waals surface area contributed by atoms with Crippen molar-refractivity contribution in [3.63, 3.8) is 0 Å². The van der Waals surface area contributed by atoms with Crippen molar-refractivity contribution in [3.8, 4) is 11.5 Å². The Kier molecular flexibility index (Phi) is 5.12. The van der Waals surface area contributed by atoms with Crippen LogP contribution in [-0.4, -0.2) is 51.5 Å². The topological polar surface area (TPSA) is 96.7 Å². The van der Waals surface area contributed by atoms with Crippen LogP contribution in [0.1, 0.15) is 18.7 Å². The molecule has 0 saturated carbocycles. The predicted molar refractivity (Wildman–Crippen MR) is 102 cm³/mol. The second-order valence-electron chi connectivity index (χ2n) is 6.68. The minimum absolute atomic E-state index is 0.108.